The smallest absolute Gasteiger partial charge is 0.138 e. The van der Waals surface area contributed by atoms with Crippen molar-refractivity contribution >= 4 is 11.0 Å². The molecule has 2 nitrogen and oxygen atoms in total. The van der Waals surface area contributed by atoms with Gasteiger partial charge in [0.15, 0.2) is 0 Å². The van der Waals surface area contributed by atoms with Gasteiger partial charge in [-0.3, -0.25) is 0 Å². The van der Waals surface area contributed by atoms with E-state index in [4.69, 9.17) is 0 Å². The average Bonchev–Trinajstić information content (AvgIpc) is 2.76. The van der Waals surface area contributed by atoms with E-state index in [1.807, 2.05) is 13.0 Å². The van der Waals surface area contributed by atoms with Crippen LogP contribution in [0.4, 0.5) is 4.39 Å². The van der Waals surface area contributed by atoms with Crippen LogP contribution in [0, 0.1) is 26.6 Å². The van der Waals surface area contributed by atoms with Crippen molar-refractivity contribution in [3.63, 3.8) is 0 Å². The molecule has 0 aliphatic heterocycles. The first-order chi connectivity index (χ1) is 9.04. The van der Waals surface area contributed by atoms with Crippen molar-refractivity contribution < 1.29 is 4.39 Å². The van der Waals surface area contributed by atoms with Gasteiger partial charge in [0.1, 0.15) is 11.6 Å². The highest BCUT2D eigenvalue weighted by molar-refractivity contribution is 5.83. The monoisotopic (exact) mass is 254 g/mol. The van der Waals surface area contributed by atoms with Crippen LogP contribution in [0.15, 0.2) is 30.3 Å². The van der Waals surface area contributed by atoms with Crippen LogP contribution < -0.4 is 0 Å². The van der Waals surface area contributed by atoms with Crippen LogP contribution in [-0.2, 0) is 0 Å². The van der Waals surface area contributed by atoms with Crippen molar-refractivity contribution in [2.45, 2.75) is 20.8 Å². The lowest BCUT2D eigenvalue weighted by molar-refractivity contribution is 0.619. The van der Waals surface area contributed by atoms with Crippen molar-refractivity contribution in [2.75, 3.05) is 0 Å². The highest BCUT2D eigenvalue weighted by atomic mass is 19.1. The molecule has 2 aromatic carbocycles. The first-order valence-corrected chi connectivity index (χ1v) is 6.28. The van der Waals surface area contributed by atoms with Gasteiger partial charge in [-0.1, -0.05) is 18.2 Å². The maximum atomic E-state index is 13.6. The molecule has 96 valence electrons. The van der Waals surface area contributed by atoms with E-state index in [0.717, 1.165) is 22.2 Å². The summed E-state index contributed by atoms with van der Waals surface area (Å²) in [6.07, 6.45) is 0. The fourth-order valence-electron chi connectivity index (χ4n) is 2.35. The van der Waals surface area contributed by atoms with Crippen LogP contribution in [-0.4, -0.2) is 9.97 Å². The van der Waals surface area contributed by atoms with Gasteiger partial charge in [-0.2, -0.15) is 0 Å². The highest BCUT2D eigenvalue weighted by Gasteiger charge is 2.09. The molecule has 0 amide bonds. The molecule has 19 heavy (non-hydrogen) atoms. The summed E-state index contributed by atoms with van der Waals surface area (Å²) in [5.41, 5.74) is 5.68. The van der Waals surface area contributed by atoms with Crippen molar-refractivity contribution in [1.82, 2.24) is 9.97 Å². The number of hydrogen-bond acceptors (Lipinski definition) is 1. The Kier molecular flexibility index (Phi) is 2.63. The summed E-state index contributed by atoms with van der Waals surface area (Å²) in [6.45, 7) is 5.85. The molecular formula is C16H15FN2. The fraction of sp³-hybridized carbons (Fsp3) is 0.188. The number of fused-ring (bicyclic) bond motifs is 1. The lowest BCUT2D eigenvalue weighted by atomic mass is 10.1. The second kappa shape index (κ2) is 4.19. The van der Waals surface area contributed by atoms with Crippen LogP contribution in [0.1, 0.15) is 16.7 Å². The first-order valence-electron chi connectivity index (χ1n) is 6.28. The number of imidazole rings is 1. The van der Waals surface area contributed by atoms with Crippen molar-refractivity contribution in [3.05, 3.63) is 52.8 Å². The Morgan fingerprint density at radius 3 is 2.53 bits per heavy atom. The Morgan fingerprint density at radius 2 is 1.79 bits per heavy atom. The molecule has 1 heterocycles. The number of aromatic nitrogens is 2. The lowest BCUT2D eigenvalue weighted by Crippen LogP contribution is -1.85. The molecule has 0 fully saturated rings. The summed E-state index contributed by atoms with van der Waals surface area (Å²) in [4.78, 5) is 7.83. The van der Waals surface area contributed by atoms with Crippen molar-refractivity contribution in [2.24, 2.45) is 0 Å². The van der Waals surface area contributed by atoms with Gasteiger partial charge >= 0.3 is 0 Å². The Labute approximate surface area is 111 Å². The number of hydrogen-bond donors (Lipinski definition) is 1. The molecule has 3 rings (SSSR count). The third kappa shape index (κ3) is 2.01. The Hall–Kier alpha value is -2.16. The molecule has 3 heteroatoms. The second-order valence-corrected chi connectivity index (χ2v) is 5.03. The van der Waals surface area contributed by atoms with Gasteiger partial charge in [0.25, 0.3) is 0 Å². The van der Waals surface area contributed by atoms with E-state index in [9.17, 15) is 4.39 Å². The van der Waals surface area contributed by atoms with Crippen LogP contribution in [0.3, 0.4) is 0 Å². The van der Waals surface area contributed by atoms with E-state index in [0.29, 0.717) is 11.4 Å². The van der Waals surface area contributed by atoms with Crippen molar-refractivity contribution in [3.8, 4) is 11.4 Å². The molecule has 0 saturated carbocycles. The van der Waals surface area contributed by atoms with Gasteiger partial charge in [-0.15, -0.1) is 0 Å². The molecule has 0 spiro atoms. The fourth-order valence-corrected chi connectivity index (χ4v) is 2.35. The first kappa shape index (κ1) is 11.9. The average molecular weight is 254 g/mol. The molecule has 0 radical (unpaired) electrons. The molecule has 0 aliphatic rings. The Bertz CT molecular complexity index is 772. The third-order valence-electron chi connectivity index (χ3n) is 3.37. The largest absolute Gasteiger partial charge is 0.338 e. The molecule has 3 aromatic rings. The minimum Gasteiger partial charge on any atom is -0.338 e. The molecule has 0 bridgehead atoms. The van der Waals surface area contributed by atoms with Crippen LogP contribution in [0.25, 0.3) is 22.4 Å². The van der Waals surface area contributed by atoms with Crippen LogP contribution in [0.5, 0.6) is 0 Å². The van der Waals surface area contributed by atoms with Gasteiger partial charge in [0.05, 0.1) is 11.0 Å². The topological polar surface area (TPSA) is 28.7 Å². The standard InChI is InChI=1S/C16H15FN2/c1-9-6-11(3)15-14(7-9)18-16(19-15)12-5-4-10(2)13(17)8-12/h4-8H,1-3H3,(H,18,19). The Morgan fingerprint density at radius 1 is 1.00 bits per heavy atom. The third-order valence-corrected chi connectivity index (χ3v) is 3.37. The zero-order valence-corrected chi connectivity index (χ0v) is 11.2. The molecule has 1 N–H and O–H groups in total. The number of nitrogens with one attached hydrogen (secondary N) is 1. The van der Waals surface area contributed by atoms with Gasteiger partial charge in [-0.25, -0.2) is 9.37 Å². The van der Waals surface area contributed by atoms with Crippen molar-refractivity contribution in [1.29, 1.82) is 0 Å². The number of halogens is 1. The van der Waals surface area contributed by atoms with Crippen LogP contribution >= 0.6 is 0 Å². The van der Waals surface area contributed by atoms with E-state index >= 15 is 0 Å². The predicted molar refractivity (Wildman–Crippen MR) is 75.7 cm³/mol. The minimum atomic E-state index is -0.203. The zero-order chi connectivity index (χ0) is 13.6. The summed E-state index contributed by atoms with van der Waals surface area (Å²) in [5, 5.41) is 0. The predicted octanol–water partition coefficient (Wildman–Crippen LogP) is 4.29. The molecule has 1 aromatic heterocycles. The van der Waals surface area contributed by atoms with E-state index < -0.39 is 0 Å². The SMILES string of the molecule is Cc1cc(C)c2nc(-c3ccc(C)c(F)c3)[nH]c2c1. The van der Waals surface area contributed by atoms with Crippen LogP contribution in [0.2, 0.25) is 0 Å². The molecule has 0 saturated heterocycles. The zero-order valence-electron chi connectivity index (χ0n) is 11.2. The number of aryl methyl sites for hydroxylation is 3. The van der Waals surface area contributed by atoms with E-state index in [2.05, 4.69) is 29.0 Å². The maximum absolute atomic E-state index is 13.6. The summed E-state index contributed by atoms with van der Waals surface area (Å²) in [6, 6.07) is 9.34. The summed E-state index contributed by atoms with van der Waals surface area (Å²) < 4.78 is 13.6. The minimum absolute atomic E-state index is 0.203. The number of benzene rings is 2. The van der Waals surface area contributed by atoms with E-state index in [-0.39, 0.29) is 5.82 Å². The molecular weight excluding hydrogens is 239 g/mol. The van der Waals surface area contributed by atoms with E-state index in [1.165, 1.54) is 11.6 Å². The molecule has 0 atom stereocenters. The molecule has 0 unspecified atom stereocenters. The number of rotatable bonds is 1. The summed E-state index contributed by atoms with van der Waals surface area (Å²) in [7, 11) is 0. The van der Waals surface area contributed by atoms with Gasteiger partial charge in [0, 0.05) is 5.56 Å². The van der Waals surface area contributed by atoms with Gasteiger partial charge in [0.2, 0.25) is 0 Å². The summed E-state index contributed by atoms with van der Waals surface area (Å²) >= 11 is 0. The second-order valence-electron chi connectivity index (χ2n) is 5.03. The quantitative estimate of drug-likeness (QED) is 0.689. The number of nitrogens with zero attached hydrogens (tertiary/aromatic N) is 1. The highest BCUT2D eigenvalue weighted by Crippen LogP contribution is 2.24. The maximum Gasteiger partial charge on any atom is 0.138 e. The van der Waals surface area contributed by atoms with Gasteiger partial charge < -0.3 is 4.98 Å². The van der Waals surface area contributed by atoms with E-state index in [1.54, 1.807) is 13.0 Å². The number of aromatic amines is 1. The number of H-pyrrole nitrogens is 1. The molecule has 0 aliphatic carbocycles. The summed E-state index contributed by atoms with van der Waals surface area (Å²) in [5.74, 6) is 0.508. The van der Waals surface area contributed by atoms with Gasteiger partial charge in [-0.05, 0) is 49.6 Å². The lowest BCUT2D eigenvalue weighted by Gasteiger charge is -1.99. The Balaban J connectivity index is 2.20. The normalized spacial score (nSPS) is 11.2.